The summed E-state index contributed by atoms with van der Waals surface area (Å²) in [5.74, 6) is -0.998. The predicted octanol–water partition coefficient (Wildman–Crippen LogP) is 6.31. The Bertz CT molecular complexity index is 1650. The second-order valence-electron chi connectivity index (χ2n) is 8.67. The molecule has 0 aliphatic carbocycles. The van der Waals surface area contributed by atoms with Crippen LogP contribution in [0.15, 0.2) is 60.2 Å². The van der Waals surface area contributed by atoms with Crippen LogP contribution in [-0.2, 0) is 9.59 Å². The molecule has 6 rings (SSSR count). The zero-order chi connectivity index (χ0) is 25.8. The molecule has 4 aromatic rings. The quantitative estimate of drug-likeness (QED) is 0.182. The van der Waals surface area contributed by atoms with E-state index in [9.17, 15) is 14.7 Å². The summed E-state index contributed by atoms with van der Waals surface area (Å²) >= 11 is 13.8. The van der Waals surface area contributed by atoms with Gasteiger partial charge in [0, 0.05) is 5.56 Å². The Labute approximate surface area is 225 Å². The second-order valence-corrected chi connectivity index (χ2v) is 10.5. The molecule has 37 heavy (non-hydrogen) atoms. The summed E-state index contributed by atoms with van der Waals surface area (Å²) in [6, 6.07) is 14.5. The molecule has 0 radical (unpaired) electrons. The molecule has 3 aromatic carbocycles. The van der Waals surface area contributed by atoms with Gasteiger partial charge in [0.2, 0.25) is 0 Å². The van der Waals surface area contributed by atoms with Gasteiger partial charge in [0.25, 0.3) is 5.78 Å². The van der Waals surface area contributed by atoms with E-state index in [1.807, 2.05) is 25.1 Å². The molecule has 186 valence electrons. The Morgan fingerprint density at radius 1 is 1.00 bits per heavy atom. The van der Waals surface area contributed by atoms with Crippen molar-refractivity contribution >= 4 is 67.3 Å². The number of ketones is 1. The largest absolute Gasteiger partial charge is 0.507 e. The fourth-order valence-corrected chi connectivity index (χ4v) is 5.89. The van der Waals surface area contributed by atoms with E-state index in [-0.39, 0.29) is 16.4 Å². The van der Waals surface area contributed by atoms with Crippen molar-refractivity contribution in [1.82, 2.24) is 4.98 Å². The third-order valence-corrected chi connectivity index (χ3v) is 8.01. The first-order valence-corrected chi connectivity index (χ1v) is 12.9. The van der Waals surface area contributed by atoms with Gasteiger partial charge in [0.1, 0.15) is 19.0 Å². The number of hydrogen-bond acceptors (Lipinski definition) is 7. The molecule has 0 spiro atoms. The molecule has 1 aromatic heterocycles. The van der Waals surface area contributed by atoms with Gasteiger partial charge in [-0.15, -0.1) is 0 Å². The zero-order valence-corrected chi connectivity index (χ0v) is 21.7. The molecule has 3 heterocycles. The highest BCUT2D eigenvalue weighted by atomic mass is 35.5. The summed E-state index contributed by atoms with van der Waals surface area (Å²) in [6.07, 6.45) is 0. The number of carbonyl (C=O) groups is 2. The van der Waals surface area contributed by atoms with Crippen LogP contribution in [0.4, 0.5) is 5.13 Å². The zero-order valence-electron chi connectivity index (χ0n) is 19.3. The number of benzene rings is 3. The molecule has 1 N–H and O–H groups in total. The number of anilines is 1. The highest BCUT2D eigenvalue weighted by molar-refractivity contribution is 7.22. The van der Waals surface area contributed by atoms with Gasteiger partial charge in [-0.05, 0) is 60.5 Å². The minimum absolute atomic E-state index is 0.0875. The van der Waals surface area contributed by atoms with Crippen molar-refractivity contribution in [2.75, 3.05) is 18.1 Å². The smallest absolute Gasteiger partial charge is 0.301 e. The third-order valence-electron chi connectivity index (χ3n) is 6.26. The number of nitrogens with zero attached hydrogens (tertiary/aromatic N) is 2. The van der Waals surface area contributed by atoms with Gasteiger partial charge in [0.15, 0.2) is 16.6 Å². The lowest BCUT2D eigenvalue weighted by atomic mass is 9.95. The van der Waals surface area contributed by atoms with E-state index in [0.29, 0.717) is 51.5 Å². The lowest BCUT2D eigenvalue weighted by Crippen LogP contribution is -2.29. The first-order valence-electron chi connectivity index (χ1n) is 11.3. The number of aromatic nitrogens is 1. The van der Waals surface area contributed by atoms with Crippen LogP contribution < -0.4 is 14.4 Å². The van der Waals surface area contributed by atoms with Crippen molar-refractivity contribution in [2.45, 2.75) is 13.0 Å². The summed E-state index contributed by atoms with van der Waals surface area (Å²) in [5, 5.41) is 12.3. The summed E-state index contributed by atoms with van der Waals surface area (Å²) in [6.45, 7) is 2.75. The number of hydrogen-bond donors (Lipinski definition) is 1. The number of fused-ring (bicyclic) bond motifs is 2. The Morgan fingerprint density at radius 2 is 1.78 bits per heavy atom. The van der Waals surface area contributed by atoms with Gasteiger partial charge in [-0.2, -0.15) is 0 Å². The number of carbonyl (C=O) groups excluding carboxylic acids is 2. The van der Waals surface area contributed by atoms with E-state index in [0.717, 1.165) is 10.3 Å². The fourth-order valence-electron chi connectivity index (χ4n) is 4.50. The van der Waals surface area contributed by atoms with Crippen molar-refractivity contribution in [2.24, 2.45) is 0 Å². The molecule has 2 aliphatic heterocycles. The van der Waals surface area contributed by atoms with Gasteiger partial charge < -0.3 is 14.6 Å². The standard InChI is InChI=1S/C27H18Cl2N2O5S/c1-13-2-6-18-21(10-13)37-27(30-18)31-23(14-3-5-16(28)17(29)11-14)22(25(33)26(31)34)24(32)15-4-7-19-20(12-15)36-9-8-35-19/h2-7,10-12,23,32H,8-9H2,1H3/b24-22+/t23-/m0/s1. The summed E-state index contributed by atoms with van der Waals surface area (Å²) in [5.41, 5.74) is 2.47. The molecule has 0 unspecified atom stereocenters. The molecule has 1 saturated heterocycles. The molecule has 0 bridgehead atoms. The number of aliphatic hydroxyl groups is 1. The molecule has 10 heteroatoms. The summed E-state index contributed by atoms with van der Waals surface area (Å²) < 4.78 is 12.1. The van der Waals surface area contributed by atoms with Crippen molar-refractivity contribution in [3.63, 3.8) is 0 Å². The molecule has 0 saturated carbocycles. The first-order chi connectivity index (χ1) is 17.8. The number of rotatable bonds is 3. The topological polar surface area (TPSA) is 89.0 Å². The number of amides is 1. The summed E-state index contributed by atoms with van der Waals surface area (Å²) in [4.78, 5) is 32.9. The van der Waals surface area contributed by atoms with E-state index in [1.54, 1.807) is 36.4 Å². The van der Waals surface area contributed by atoms with E-state index in [1.165, 1.54) is 16.2 Å². The van der Waals surface area contributed by atoms with E-state index < -0.39 is 17.7 Å². The van der Waals surface area contributed by atoms with Gasteiger partial charge in [0.05, 0.1) is 31.9 Å². The number of ether oxygens (including phenoxy) is 2. The van der Waals surface area contributed by atoms with Crippen molar-refractivity contribution < 1.29 is 24.2 Å². The maximum atomic E-state index is 13.5. The van der Waals surface area contributed by atoms with Crippen LogP contribution in [0.5, 0.6) is 11.5 Å². The maximum absolute atomic E-state index is 13.5. The summed E-state index contributed by atoms with van der Waals surface area (Å²) in [7, 11) is 0. The first kappa shape index (κ1) is 23.8. The van der Waals surface area contributed by atoms with E-state index in [2.05, 4.69) is 4.98 Å². The lowest BCUT2D eigenvalue weighted by Gasteiger charge is -2.23. The molecule has 1 atom stereocenters. The Morgan fingerprint density at radius 3 is 2.57 bits per heavy atom. The van der Waals surface area contributed by atoms with Crippen LogP contribution in [0.2, 0.25) is 10.0 Å². The van der Waals surface area contributed by atoms with Crippen molar-refractivity contribution in [1.29, 1.82) is 0 Å². The average molecular weight is 553 g/mol. The number of aryl methyl sites for hydroxylation is 1. The van der Waals surface area contributed by atoms with Gasteiger partial charge in [-0.25, -0.2) is 4.98 Å². The second kappa shape index (κ2) is 9.06. The Hall–Kier alpha value is -3.59. The highest BCUT2D eigenvalue weighted by Crippen LogP contribution is 2.46. The normalized spacial score (nSPS) is 18.6. The van der Waals surface area contributed by atoms with Crippen LogP contribution in [0.1, 0.15) is 22.7 Å². The van der Waals surface area contributed by atoms with Crippen LogP contribution >= 0.6 is 34.5 Å². The van der Waals surface area contributed by atoms with Crippen molar-refractivity contribution in [3.8, 4) is 11.5 Å². The Kier molecular flexibility index (Phi) is 5.82. The number of Topliss-reactive ketones (excluding diaryl/α,β-unsaturated/α-hetero) is 1. The van der Waals surface area contributed by atoms with Crippen LogP contribution in [0, 0.1) is 6.92 Å². The minimum Gasteiger partial charge on any atom is -0.507 e. The number of halogens is 2. The van der Waals surface area contributed by atoms with Crippen LogP contribution in [-0.4, -0.2) is 35.0 Å². The van der Waals surface area contributed by atoms with Crippen LogP contribution in [0.25, 0.3) is 16.0 Å². The van der Waals surface area contributed by atoms with Crippen molar-refractivity contribution in [3.05, 3.63) is 86.9 Å². The monoisotopic (exact) mass is 552 g/mol. The molecular weight excluding hydrogens is 535 g/mol. The number of aliphatic hydroxyl groups excluding tert-OH is 1. The molecule has 2 aliphatic rings. The van der Waals surface area contributed by atoms with Gasteiger partial charge in [-0.3, -0.25) is 14.5 Å². The average Bonchev–Trinajstić information content (AvgIpc) is 3.42. The fraction of sp³-hybridized carbons (Fsp3) is 0.148. The third kappa shape index (κ3) is 4.01. The highest BCUT2D eigenvalue weighted by Gasteiger charge is 2.48. The molecular formula is C27H18Cl2N2O5S. The van der Waals surface area contributed by atoms with E-state index >= 15 is 0 Å². The number of thiazole rings is 1. The van der Waals surface area contributed by atoms with Crippen LogP contribution in [0.3, 0.4) is 0 Å². The SMILES string of the molecule is Cc1ccc2nc(N3C(=O)C(=O)/C(=C(/O)c4ccc5c(c4)OCCO5)[C@@H]3c3ccc(Cl)c(Cl)c3)sc2c1. The van der Waals surface area contributed by atoms with E-state index in [4.69, 9.17) is 32.7 Å². The lowest BCUT2D eigenvalue weighted by molar-refractivity contribution is -0.132. The Balaban J connectivity index is 1.55. The molecule has 1 fully saturated rings. The van der Waals surface area contributed by atoms with Gasteiger partial charge >= 0.3 is 5.91 Å². The molecule has 1 amide bonds. The predicted molar refractivity (Wildman–Crippen MR) is 143 cm³/mol. The minimum atomic E-state index is -0.982. The molecule has 7 nitrogen and oxygen atoms in total. The van der Waals surface area contributed by atoms with Gasteiger partial charge in [-0.1, -0.05) is 46.7 Å². The maximum Gasteiger partial charge on any atom is 0.301 e.